The highest BCUT2D eigenvalue weighted by Gasteiger charge is 2.40. The molecular formula is C44H52Si. The molecule has 0 saturated carbocycles. The lowest BCUT2D eigenvalue weighted by molar-refractivity contribution is 0.489. The highest BCUT2D eigenvalue weighted by Crippen LogP contribution is 2.55. The zero-order valence-corrected chi connectivity index (χ0v) is 30.3. The Morgan fingerprint density at radius 1 is 0.600 bits per heavy atom. The van der Waals surface area contributed by atoms with Gasteiger partial charge in [-0.15, -0.1) is 0 Å². The number of hydrogen-bond donors (Lipinski definition) is 0. The Labute approximate surface area is 274 Å². The van der Waals surface area contributed by atoms with Gasteiger partial charge < -0.3 is 0 Å². The molecule has 1 unspecified atom stereocenters. The van der Waals surface area contributed by atoms with Crippen LogP contribution in [0.2, 0.25) is 19.6 Å². The van der Waals surface area contributed by atoms with Gasteiger partial charge in [0.25, 0.3) is 0 Å². The van der Waals surface area contributed by atoms with Crippen LogP contribution in [0.4, 0.5) is 0 Å². The Bertz CT molecular complexity index is 1740. The number of allylic oxidation sites excluding steroid dienone is 4. The van der Waals surface area contributed by atoms with Gasteiger partial charge in [0.15, 0.2) is 0 Å². The van der Waals surface area contributed by atoms with Crippen molar-refractivity contribution in [2.24, 2.45) is 0 Å². The van der Waals surface area contributed by atoms with Crippen LogP contribution in [0.15, 0.2) is 108 Å². The molecule has 4 aromatic carbocycles. The van der Waals surface area contributed by atoms with Crippen molar-refractivity contribution in [3.8, 4) is 11.1 Å². The Balaban J connectivity index is 1.63. The predicted octanol–water partition coefficient (Wildman–Crippen LogP) is 12.4. The summed E-state index contributed by atoms with van der Waals surface area (Å²) in [5.41, 5.74) is 14.5. The van der Waals surface area contributed by atoms with E-state index in [4.69, 9.17) is 0 Å². The minimum absolute atomic E-state index is 0.0560. The van der Waals surface area contributed by atoms with E-state index in [9.17, 15) is 0 Å². The summed E-state index contributed by atoms with van der Waals surface area (Å²) in [6.07, 6.45) is 7.15. The lowest BCUT2D eigenvalue weighted by Gasteiger charge is -2.35. The van der Waals surface area contributed by atoms with Gasteiger partial charge >= 0.3 is 0 Å². The molecule has 2 aliphatic carbocycles. The largest absolute Gasteiger partial charge is 0.0808 e. The summed E-state index contributed by atoms with van der Waals surface area (Å²) < 4.78 is 0. The Kier molecular flexibility index (Phi) is 7.80. The van der Waals surface area contributed by atoms with E-state index in [1.54, 1.807) is 10.8 Å². The van der Waals surface area contributed by atoms with Crippen LogP contribution in [-0.4, -0.2) is 8.07 Å². The summed E-state index contributed by atoms with van der Waals surface area (Å²) in [6.45, 7) is 24.0. The van der Waals surface area contributed by atoms with Gasteiger partial charge in [0, 0.05) is 11.3 Å². The lowest BCUT2D eigenvalue weighted by atomic mass is 9.68. The molecule has 0 radical (unpaired) electrons. The van der Waals surface area contributed by atoms with E-state index in [2.05, 4.69) is 171 Å². The van der Waals surface area contributed by atoms with Crippen LogP contribution in [0, 0.1) is 0 Å². The third-order valence-corrected chi connectivity index (χ3v) is 12.6. The fraction of sp³-hybridized carbons (Fsp3) is 0.364. The van der Waals surface area contributed by atoms with Crippen LogP contribution in [0.25, 0.3) is 16.7 Å². The SMILES string of the molecule is CC(C)(C)c1ccc2c(c1)-c1cc(C(C)(C)C)cc(C3=CC([Si](C)(C)C)=CC3)c1C2CC(C)(c1ccccc1)c1ccccc1. The molecule has 232 valence electrons. The minimum atomic E-state index is -1.43. The number of rotatable bonds is 6. The first-order chi connectivity index (χ1) is 21.1. The molecule has 0 bridgehead atoms. The van der Waals surface area contributed by atoms with Crippen molar-refractivity contribution >= 4 is 13.6 Å². The molecular weight excluding hydrogens is 557 g/mol. The van der Waals surface area contributed by atoms with Crippen molar-refractivity contribution in [3.05, 3.63) is 147 Å². The highest BCUT2D eigenvalue weighted by atomic mass is 28.3. The Hall–Kier alpha value is -3.42. The molecule has 6 rings (SSSR count). The molecule has 0 amide bonds. The van der Waals surface area contributed by atoms with Crippen molar-refractivity contribution in [2.45, 2.75) is 103 Å². The van der Waals surface area contributed by atoms with E-state index in [1.807, 2.05) is 0 Å². The summed E-state index contributed by atoms with van der Waals surface area (Å²) in [7, 11) is -1.43. The third-order valence-electron chi connectivity index (χ3n) is 10.5. The van der Waals surface area contributed by atoms with Crippen LogP contribution in [0.3, 0.4) is 0 Å². The Morgan fingerprint density at radius 3 is 1.64 bits per heavy atom. The van der Waals surface area contributed by atoms with E-state index in [1.165, 1.54) is 50.1 Å². The van der Waals surface area contributed by atoms with Crippen molar-refractivity contribution in [2.75, 3.05) is 0 Å². The predicted molar refractivity (Wildman–Crippen MR) is 199 cm³/mol. The maximum absolute atomic E-state index is 2.57. The quantitative estimate of drug-likeness (QED) is 0.191. The Morgan fingerprint density at radius 2 is 1.13 bits per heavy atom. The van der Waals surface area contributed by atoms with E-state index >= 15 is 0 Å². The zero-order chi connectivity index (χ0) is 32.4. The monoisotopic (exact) mass is 608 g/mol. The van der Waals surface area contributed by atoms with Crippen molar-refractivity contribution in [1.82, 2.24) is 0 Å². The molecule has 1 atom stereocenters. The van der Waals surface area contributed by atoms with Crippen LogP contribution in [-0.2, 0) is 16.2 Å². The highest BCUT2D eigenvalue weighted by molar-refractivity contribution is 6.84. The second-order valence-corrected chi connectivity index (χ2v) is 22.0. The van der Waals surface area contributed by atoms with Gasteiger partial charge in [-0.05, 0) is 79.3 Å². The summed E-state index contributed by atoms with van der Waals surface area (Å²) in [4.78, 5) is 0. The van der Waals surface area contributed by atoms with E-state index < -0.39 is 8.07 Å². The van der Waals surface area contributed by atoms with E-state index in [0.29, 0.717) is 0 Å². The number of fused-ring (bicyclic) bond motifs is 3. The first kappa shape index (κ1) is 31.6. The van der Waals surface area contributed by atoms with Gasteiger partial charge in [-0.25, -0.2) is 0 Å². The second kappa shape index (κ2) is 11.1. The fourth-order valence-corrected chi connectivity index (χ4v) is 8.86. The zero-order valence-electron chi connectivity index (χ0n) is 29.3. The summed E-state index contributed by atoms with van der Waals surface area (Å²) in [5.74, 6) is 0.287. The van der Waals surface area contributed by atoms with Crippen molar-refractivity contribution in [1.29, 1.82) is 0 Å². The molecule has 0 aromatic heterocycles. The molecule has 0 heterocycles. The summed E-state index contributed by atoms with van der Waals surface area (Å²) >= 11 is 0. The number of hydrogen-bond acceptors (Lipinski definition) is 0. The maximum Gasteiger partial charge on any atom is 0.0772 e. The van der Waals surface area contributed by atoms with Gasteiger partial charge in [0.05, 0.1) is 8.07 Å². The van der Waals surface area contributed by atoms with E-state index in [0.717, 1.165) is 12.8 Å². The van der Waals surface area contributed by atoms with Crippen molar-refractivity contribution < 1.29 is 0 Å². The average molecular weight is 609 g/mol. The fourth-order valence-electron chi connectivity index (χ4n) is 7.54. The normalized spacial score (nSPS) is 16.7. The smallest absolute Gasteiger partial charge is 0.0772 e. The van der Waals surface area contributed by atoms with Crippen molar-refractivity contribution in [3.63, 3.8) is 0 Å². The van der Waals surface area contributed by atoms with Gasteiger partial charge in [-0.3, -0.25) is 0 Å². The molecule has 0 N–H and O–H groups in total. The minimum Gasteiger partial charge on any atom is -0.0808 e. The molecule has 1 heteroatoms. The van der Waals surface area contributed by atoms with Crippen LogP contribution in [0.1, 0.15) is 106 Å². The molecule has 0 aliphatic heterocycles. The van der Waals surface area contributed by atoms with Crippen LogP contribution in [0.5, 0.6) is 0 Å². The van der Waals surface area contributed by atoms with Gasteiger partial charge in [-0.1, -0.05) is 176 Å². The first-order valence-corrected chi connectivity index (χ1v) is 20.4. The van der Waals surface area contributed by atoms with Crippen LogP contribution < -0.4 is 0 Å². The molecule has 0 fully saturated rings. The summed E-state index contributed by atoms with van der Waals surface area (Å²) in [5, 5.41) is 1.59. The van der Waals surface area contributed by atoms with Gasteiger partial charge in [0.1, 0.15) is 0 Å². The molecule has 0 saturated heterocycles. The molecule has 45 heavy (non-hydrogen) atoms. The summed E-state index contributed by atoms with van der Waals surface area (Å²) in [6, 6.07) is 35.0. The third kappa shape index (κ3) is 5.85. The standard InChI is InChI=1S/C44H52Si/c1-42(2,3)33-22-24-36-38(26-33)39-28-34(43(4,5)6)27-37(30-21-23-35(25-30)45(8,9)10)41(39)40(36)29-44(7,31-17-13-11-14-18-31)32-19-15-12-16-20-32/h11-20,22-28,40H,21,29H2,1-10H3. The molecule has 4 aromatic rings. The van der Waals surface area contributed by atoms with Crippen LogP contribution >= 0.6 is 0 Å². The van der Waals surface area contributed by atoms with Gasteiger partial charge in [-0.2, -0.15) is 0 Å². The van der Waals surface area contributed by atoms with E-state index in [-0.39, 0.29) is 22.2 Å². The topological polar surface area (TPSA) is 0 Å². The van der Waals surface area contributed by atoms with Gasteiger partial charge in [0.2, 0.25) is 0 Å². The second-order valence-electron chi connectivity index (χ2n) is 16.9. The average Bonchev–Trinajstić information content (AvgIpc) is 3.61. The molecule has 0 nitrogen and oxygen atoms in total. The molecule has 0 spiro atoms. The number of benzene rings is 4. The molecule has 2 aliphatic rings. The first-order valence-electron chi connectivity index (χ1n) is 16.9. The maximum atomic E-state index is 2.57. The lowest BCUT2D eigenvalue weighted by Crippen LogP contribution is -2.27.